The maximum atomic E-state index is 12.4. The Morgan fingerprint density at radius 1 is 1.23 bits per heavy atom. The van der Waals surface area contributed by atoms with Gasteiger partial charge in [-0.05, 0) is 48.2 Å². The number of amides is 1. The molecule has 0 saturated heterocycles. The van der Waals surface area contributed by atoms with Crippen LogP contribution in [0.3, 0.4) is 0 Å². The molecule has 0 fully saturated rings. The van der Waals surface area contributed by atoms with Gasteiger partial charge in [0.1, 0.15) is 5.75 Å². The monoisotopic (exact) mass is 296 g/mol. The summed E-state index contributed by atoms with van der Waals surface area (Å²) in [5.74, 6) is 0.801. The highest BCUT2D eigenvalue weighted by atomic mass is 16.5. The van der Waals surface area contributed by atoms with Gasteiger partial charge in [-0.15, -0.1) is 0 Å². The van der Waals surface area contributed by atoms with Crippen molar-refractivity contribution in [2.24, 2.45) is 0 Å². The average Bonchev–Trinajstić information content (AvgIpc) is 2.59. The summed E-state index contributed by atoms with van der Waals surface area (Å²) in [7, 11) is 1.64. The Labute approximate surface area is 130 Å². The van der Waals surface area contributed by atoms with Gasteiger partial charge in [0.15, 0.2) is 0 Å². The van der Waals surface area contributed by atoms with Crippen molar-refractivity contribution in [3.63, 3.8) is 0 Å². The minimum absolute atomic E-state index is 0.0173. The van der Waals surface area contributed by atoms with E-state index in [2.05, 4.69) is 10.6 Å². The lowest BCUT2D eigenvalue weighted by Crippen LogP contribution is -2.25. The zero-order chi connectivity index (χ0) is 15.4. The van der Waals surface area contributed by atoms with Gasteiger partial charge in [0.25, 0.3) is 5.91 Å². The second kappa shape index (κ2) is 6.52. The molecule has 0 radical (unpaired) electrons. The molecule has 3 rings (SSSR count). The Morgan fingerprint density at radius 2 is 2.05 bits per heavy atom. The van der Waals surface area contributed by atoms with Crippen molar-refractivity contribution in [2.75, 3.05) is 19.0 Å². The molecule has 1 aliphatic heterocycles. The molecule has 1 heterocycles. The van der Waals surface area contributed by atoms with Crippen LogP contribution in [-0.2, 0) is 13.0 Å². The van der Waals surface area contributed by atoms with Crippen molar-refractivity contribution in [3.8, 4) is 5.75 Å². The number of hydrogen-bond donors (Lipinski definition) is 2. The van der Waals surface area contributed by atoms with Gasteiger partial charge < -0.3 is 15.4 Å². The topological polar surface area (TPSA) is 50.4 Å². The number of benzene rings is 2. The van der Waals surface area contributed by atoms with Crippen molar-refractivity contribution in [1.29, 1.82) is 0 Å². The number of anilines is 1. The maximum absolute atomic E-state index is 12.4. The number of methoxy groups -OCH3 is 1. The molecular formula is C18H20N2O2. The fraction of sp³-hybridized carbons (Fsp3) is 0.278. The summed E-state index contributed by atoms with van der Waals surface area (Å²) in [6.07, 6.45) is 2.02. The third-order valence-electron chi connectivity index (χ3n) is 3.95. The Morgan fingerprint density at radius 3 is 2.82 bits per heavy atom. The molecular weight excluding hydrogens is 276 g/mol. The van der Waals surface area contributed by atoms with E-state index in [1.54, 1.807) is 7.11 Å². The summed E-state index contributed by atoms with van der Waals surface area (Å²) in [5.41, 5.74) is 4.04. The molecule has 0 aliphatic carbocycles. The second-order valence-corrected chi connectivity index (χ2v) is 5.39. The Balaban J connectivity index is 1.69. The van der Waals surface area contributed by atoms with E-state index in [1.807, 2.05) is 42.5 Å². The van der Waals surface area contributed by atoms with Crippen molar-refractivity contribution >= 4 is 11.6 Å². The number of ether oxygens (including phenoxy) is 1. The first kappa shape index (κ1) is 14.4. The first-order valence-electron chi connectivity index (χ1n) is 7.55. The van der Waals surface area contributed by atoms with E-state index in [9.17, 15) is 4.79 Å². The van der Waals surface area contributed by atoms with E-state index in [1.165, 1.54) is 0 Å². The standard InChI is InChI=1S/C18H20N2O2/c1-22-14-9-7-13(8-10-14)12-20-18(21)16-4-2-6-17-15(16)5-3-11-19-17/h2,4,6-10,19H,3,5,11-12H2,1H3,(H,20,21). The summed E-state index contributed by atoms with van der Waals surface area (Å²) in [4.78, 5) is 12.4. The van der Waals surface area contributed by atoms with Crippen molar-refractivity contribution < 1.29 is 9.53 Å². The maximum Gasteiger partial charge on any atom is 0.251 e. The summed E-state index contributed by atoms with van der Waals surface area (Å²) < 4.78 is 5.13. The number of carbonyl (C=O) groups is 1. The minimum Gasteiger partial charge on any atom is -0.497 e. The van der Waals surface area contributed by atoms with E-state index >= 15 is 0 Å². The Hall–Kier alpha value is -2.49. The van der Waals surface area contributed by atoms with Crippen LogP contribution in [0.2, 0.25) is 0 Å². The van der Waals surface area contributed by atoms with E-state index in [0.717, 1.165) is 47.5 Å². The third kappa shape index (κ3) is 3.06. The lowest BCUT2D eigenvalue weighted by Gasteiger charge is -2.20. The zero-order valence-electron chi connectivity index (χ0n) is 12.7. The van der Waals surface area contributed by atoms with Crippen LogP contribution in [0.25, 0.3) is 0 Å². The summed E-state index contributed by atoms with van der Waals surface area (Å²) in [5, 5.41) is 6.35. The molecule has 4 nitrogen and oxygen atoms in total. The first-order valence-corrected chi connectivity index (χ1v) is 7.55. The Bertz CT molecular complexity index is 665. The highest BCUT2D eigenvalue weighted by Crippen LogP contribution is 2.25. The highest BCUT2D eigenvalue weighted by Gasteiger charge is 2.16. The van der Waals surface area contributed by atoms with Crippen LogP contribution in [0.15, 0.2) is 42.5 Å². The first-order chi connectivity index (χ1) is 10.8. The SMILES string of the molecule is COc1ccc(CNC(=O)c2cccc3c2CCCN3)cc1. The third-order valence-corrected chi connectivity index (χ3v) is 3.95. The molecule has 114 valence electrons. The molecule has 0 unspecified atom stereocenters. The van der Waals surface area contributed by atoms with Gasteiger partial charge in [0.05, 0.1) is 7.11 Å². The highest BCUT2D eigenvalue weighted by molar-refractivity contribution is 5.97. The normalized spacial score (nSPS) is 13.0. The smallest absolute Gasteiger partial charge is 0.251 e. The van der Waals surface area contributed by atoms with Gasteiger partial charge in [-0.1, -0.05) is 18.2 Å². The van der Waals surface area contributed by atoms with Crippen molar-refractivity contribution in [2.45, 2.75) is 19.4 Å². The number of hydrogen-bond acceptors (Lipinski definition) is 3. The van der Waals surface area contributed by atoms with Crippen LogP contribution in [0.1, 0.15) is 27.9 Å². The van der Waals surface area contributed by atoms with E-state index < -0.39 is 0 Å². The van der Waals surface area contributed by atoms with Gasteiger partial charge >= 0.3 is 0 Å². The molecule has 0 atom stereocenters. The number of fused-ring (bicyclic) bond motifs is 1. The van der Waals surface area contributed by atoms with Crippen LogP contribution < -0.4 is 15.4 Å². The minimum atomic E-state index is -0.0173. The van der Waals surface area contributed by atoms with Crippen LogP contribution in [0.5, 0.6) is 5.75 Å². The van der Waals surface area contributed by atoms with Gasteiger partial charge in [0.2, 0.25) is 0 Å². The van der Waals surface area contributed by atoms with Gasteiger partial charge in [-0.3, -0.25) is 4.79 Å². The van der Waals surface area contributed by atoms with Crippen LogP contribution in [-0.4, -0.2) is 19.6 Å². The summed E-state index contributed by atoms with van der Waals surface area (Å²) >= 11 is 0. The van der Waals surface area contributed by atoms with E-state index in [4.69, 9.17) is 4.74 Å². The summed E-state index contributed by atoms with van der Waals surface area (Å²) in [6.45, 7) is 1.49. The molecule has 1 aliphatic rings. The molecule has 0 aromatic heterocycles. The lowest BCUT2D eigenvalue weighted by molar-refractivity contribution is 0.0950. The van der Waals surface area contributed by atoms with Crippen LogP contribution in [0.4, 0.5) is 5.69 Å². The Kier molecular flexibility index (Phi) is 4.28. The largest absolute Gasteiger partial charge is 0.497 e. The van der Waals surface area contributed by atoms with Gasteiger partial charge in [-0.2, -0.15) is 0 Å². The quantitative estimate of drug-likeness (QED) is 0.912. The molecule has 22 heavy (non-hydrogen) atoms. The van der Waals surface area contributed by atoms with Crippen molar-refractivity contribution in [3.05, 3.63) is 59.2 Å². The van der Waals surface area contributed by atoms with Gasteiger partial charge in [0, 0.05) is 24.3 Å². The molecule has 0 spiro atoms. The predicted molar refractivity (Wildman–Crippen MR) is 87.4 cm³/mol. The number of rotatable bonds is 4. The molecule has 2 N–H and O–H groups in total. The van der Waals surface area contributed by atoms with E-state index in [-0.39, 0.29) is 5.91 Å². The summed E-state index contributed by atoms with van der Waals surface area (Å²) in [6, 6.07) is 13.6. The molecule has 0 saturated carbocycles. The lowest BCUT2D eigenvalue weighted by atomic mass is 9.97. The molecule has 4 heteroatoms. The average molecular weight is 296 g/mol. The zero-order valence-corrected chi connectivity index (χ0v) is 12.7. The molecule has 1 amide bonds. The van der Waals surface area contributed by atoms with Crippen LogP contribution in [0, 0.1) is 0 Å². The number of nitrogens with one attached hydrogen (secondary N) is 2. The predicted octanol–water partition coefficient (Wildman–Crippen LogP) is 2.98. The number of carbonyl (C=O) groups excluding carboxylic acids is 1. The van der Waals surface area contributed by atoms with Crippen LogP contribution >= 0.6 is 0 Å². The fourth-order valence-electron chi connectivity index (χ4n) is 2.74. The van der Waals surface area contributed by atoms with Gasteiger partial charge in [-0.25, -0.2) is 0 Å². The van der Waals surface area contributed by atoms with E-state index in [0.29, 0.717) is 6.54 Å². The molecule has 0 bridgehead atoms. The van der Waals surface area contributed by atoms with Crippen molar-refractivity contribution in [1.82, 2.24) is 5.32 Å². The second-order valence-electron chi connectivity index (χ2n) is 5.39. The molecule has 2 aromatic carbocycles. The molecule has 2 aromatic rings. The fourth-order valence-corrected chi connectivity index (χ4v) is 2.74.